The van der Waals surface area contributed by atoms with E-state index < -0.39 is 0 Å². The van der Waals surface area contributed by atoms with Crippen molar-refractivity contribution in [2.75, 3.05) is 5.73 Å². The first kappa shape index (κ1) is 14.9. The number of amides is 1. The van der Waals surface area contributed by atoms with Crippen LogP contribution in [0, 0.1) is 0 Å². The van der Waals surface area contributed by atoms with Crippen molar-refractivity contribution in [2.45, 2.75) is 63.8 Å². The standard InChI is InChI=1S/C17H26N2O/c18-15-8-6-7-14(13-15)11-12-17(20)19-16-9-4-2-1-3-5-10-16/h6-8,13,16H,1-5,9-12,18H2,(H,19,20). The maximum atomic E-state index is 12.0. The van der Waals surface area contributed by atoms with Crippen LogP contribution < -0.4 is 11.1 Å². The normalized spacial score (nSPS) is 17.2. The molecule has 3 nitrogen and oxygen atoms in total. The summed E-state index contributed by atoms with van der Waals surface area (Å²) in [4.78, 5) is 12.0. The van der Waals surface area contributed by atoms with Gasteiger partial charge in [-0.25, -0.2) is 0 Å². The number of anilines is 1. The Labute approximate surface area is 121 Å². The Morgan fingerprint density at radius 3 is 2.55 bits per heavy atom. The number of nitrogens with two attached hydrogens (primary N) is 1. The zero-order chi connectivity index (χ0) is 14.2. The highest BCUT2D eigenvalue weighted by Crippen LogP contribution is 2.17. The SMILES string of the molecule is Nc1cccc(CCC(=O)NC2CCCCCCC2)c1. The van der Waals surface area contributed by atoms with Crippen molar-refractivity contribution in [3.8, 4) is 0 Å². The van der Waals surface area contributed by atoms with Crippen LogP contribution in [0.4, 0.5) is 5.69 Å². The highest BCUT2D eigenvalue weighted by atomic mass is 16.1. The number of benzene rings is 1. The second-order valence-electron chi connectivity index (χ2n) is 5.85. The van der Waals surface area contributed by atoms with E-state index in [9.17, 15) is 4.79 Å². The topological polar surface area (TPSA) is 55.1 Å². The monoisotopic (exact) mass is 274 g/mol. The van der Waals surface area contributed by atoms with Crippen LogP contribution in [0.3, 0.4) is 0 Å². The van der Waals surface area contributed by atoms with Gasteiger partial charge in [0.15, 0.2) is 0 Å². The van der Waals surface area contributed by atoms with E-state index in [0.717, 1.165) is 30.5 Å². The molecule has 3 heteroatoms. The van der Waals surface area contributed by atoms with E-state index in [-0.39, 0.29) is 5.91 Å². The van der Waals surface area contributed by atoms with Gasteiger partial charge in [0.1, 0.15) is 0 Å². The summed E-state index contributed by atoms with van der Waals surface area (Å²) in [6, 6.07) is 8.18. The predicted octanol–water partition coefficient (Wildman–Crippen LogP) is 3.43. The molecule has 1 saturated carbocycles. The van der Waals surface area contributed by atoms with Gasteiger partial charge in [0.25, 0.3) is 0 Å². The molecule has 0 saturated heterocycles. The van der Waals surface area contributed by atoms with Gasteiger partial charge in [-0.2, -0.15) is 0 Å². The van der Waals surface area contributed by atoms with Crippen LogP contribution in [0.25, 0.3) is 0 Å². The number of hydrogen-bond acceptors (Lipinski definition) is 2. The van der Waals surface area contributed by atoms with Gasteiger partial charge in [-0.05, 0) is 37.0 Å². The zero-order valence-corrected chi connectivity index (χ0v) is 12.2. The highest BCUT2D eigenvalue weighted by Gasteiger charge is 2.13. The van der Waals surface area contributed by atoms with Gasteiger partial charge in [-0.1, -0.05) is 44.2 Å². The van der Waals surface area contributed by atoms with Gasteiger partial charge in [-0.15, -0.1) is 0 Å². The third-order valence-electron chi connectivity index (χ3n) is 4.06. The average Bonchev–Trinajstić information content (AvgIpc) is 2.39. The molecule has 0 bridgehead atoms. The molecule has 1 aromatic rings. The molecule has 1 fully saturated rings. The second kappa shape index (κ2) is 7.93. The molecule has 0 heterocycles. The van der Waals surface area contributed by atoms with E-state index in [1.807, 2.05) is 24.3 Å². The summed E-state index contributed by atoms with van der Waals surface area (Å²) in [7, 11) is 0. The van der Waals surface area contributed by atoms with Crippen LogP contribution in [0.1, 0.15) is 56.9 Å². The maximum absolute atomic E-state index is 12.0. The van der Waals surface area contributed by atoms with Crippen molar-refractivity contribution < 1.29 is 4.79 Å². The third-order valence-corrected chi connectivity index (χ3v) is 4.06. The van der Waals surface area contributed by atoms with E-state index >= 15 is 0 Å². The van der Waals surface area contributed by atoms with E-state index in [1.54, 1.807) is 0 Å². The number of carbonyl (C=O) groups is 1. The van der Waals surface area contributed by atoms with Gasteiger partial charge in [0.05, 0.1) is 0 Å². The fourth-order valence-corrected chi connectivity index (χ4v) is 2.91. The molecule has 110 valence electrons. The van der Waals surface area contributed by atoms with E-state index in [4.69, 9.17) is 5.73 Å². The molecule has 1 aliphatic carbocycles. The molecule has 3 N–H and O–H groups in total. The smallest absolute Gasteiger partial charge is 0.220 e. The van der Waals surface area contributed by atoms with Gasteiger partial charge in [0.2, 0.25) is 5.91 Å². The lowest BCUT2D eigenvalue weighted by Crippen LogP contribution is -2.35. The van der Waals surface area contributed by atoms with Crippen LogP contribution in [0.15, 0.2) is 24.3 Å². The molecule has 1 aromatic carbocycles. The molecule has 0 unspecified atom stereocenters. The quantitative estimate of drug-likeness (QED) is 0.826. The Morgan fingerprint density at radius 1 is 1.15 bits per heavy atom. The molecule has 0 spiro atoms. The molecule has 0 aromatic heterocycles. The molecular weight excluding hydrogens is 248 g/mol. The summed E-state index contributed by atoms with van der Waals surface area (Å²) >= 11 is 0. The van der Waals surface area contributed by atoms with Crippen LogP contribution >= 0.6 is 0 Å². The van der Waals surface area contributed by atoms with E-state index in [1.165, 1.54) is 32.1 Å². The largest absolute Gasteiger partial charge is 0.399 e. The first-order valence-electron chi connectivity index (χ1n) is 7.88. The number of hydrogen-bond donors (Lipinski definition) is 2. The number of rotatable bonds is 4. The molecule has 0 atom stereocenters. The molecule has 20 heavy (non-hydrogen) atoms. The van der Waals surface area contributed by atoms with Crippen molar-refractivity contribution in [1.82, 2.24) is 5.32 Å². The van der Waals surface area contributed by atoms with Crippen LogP contribution in [0.2, 0.25) is 0 Å². The summed E-state index contributed by atoms with van der Waals surface area (Å²) in [5.41, 5.74) is 7.65. The van der Waals surface area contributed by atoms with Gasteiger partial charge < -0.3 is 11.1 Å². The van der Waals surface area contributed by atoms with Crippen LogP contribution in [0.5, 0.6) is 0 Å². The van der Waals surface area contributed by atoms with Gasteiger partial charge in [0, 0.05) is 18.2 Å². The van der Waals surface area contributed by atoms with Crippen molar-refractivity contribution in [3.05, 3.63) is 29.8 Å². The number of nitrogens with one attached hydrogen (secondary N) is 1. The van der Waals surface area contributed by atoms with E-state index in [2.05, 4.69) is 5.32 Å². The van der Waals surface area contributed by atoms with Crippen LogP contribution in [-0.2, 0) is 11.2 Å². The summed E-state index contributed by atoms with van der Waals surface area (Å²) in [6.45, 7) is 0. The molecular formula is C17H26N2O. The van der Waals surface area contributed by atoms with Gasteiger partial charge in [-0.3, -0.25) is 4.79 Å². The first-order chi connectivity index (χ1) is 9.74. The summed E-state index contributed by atoms with van der Waals surface area (Å²) in [6.07, 6.45) is 10.1. The summed E-state index contributed by atoms with van der Waals surface area (Å²) in [5, 5.41) is 3.20. The van der Waals surface area contributed by atoms with Crippen molar-refractivity contribution >= 4 is 11.6 Å². The minimum Gasteiger partial charge on any atom is -0.399 e. The maximum Gasteiger partial charge on any atom is 0.220 e. The van der Waals surface area contributed by atoms with Crippen molar-refractivity contribution in [1.29, 1.82) is 0 Å². The Hall–Kier alpha value is -1.51. The lowest BCUT2D eigenvalue weighted by Gasteiger charge is -2.21. The lowest BCUT2D eigenvalue weighted by molar-refractivity contribution is -0.121. The number of carbonyl (C=O) groups excluding carboxylic acids is 1. The third kappa shape index (κ3) is 5.24. The predicted molar refractivity (Wildman–Crippen MR) is 83.4 cm³/mol. The Kier molecular flexibility index (Phi) is 5.90. The highest BCUT2D eigenvalue weighted by molar-refractivity contribution is 5.76. The Balaban J connectivity index is 1.74. The molecule has 2 rings (SSSR count). The Bertz CT molecular complexity index is 423. The minimum absolute atomic E-state index is 0.179. The fourth-order valence-electron chi connectivity index (χ4n) is 2.91. The minimum atomic E-state index is 0.179. The fraction of sp³-hybridized carbons (Fsp3) is 0.588. The number of nitrogen functional groups attached to an aromatic ring is 1. The van der Waals surface area contributed by atoms with E-state index in [0.29, 0.717) is 12.5 Å². The average molecular weight is 274 g/mol. The summed E-state index contributed by atoms with van der Waals surface area (Å²) in [5.74, 6) is 0.179. The zero-order valence-electron chi connectivity index (χ0n) is 12.2. The summed E-state index contributed by atoms with van der Waals surface area (Å²) < 4.78 is 0. The van der Waals surface area contributed by atoms with Crippen LogP contribution in [-0.4, -0.2) is 11.9 Å². The number of aryl methyl sites for hydroxylation is 1. The lowest BCUT2D eigenvalue weighted by atomic mass is 9.96. The van der Waals surface area contributed by atoms with Gasteiger partial charge >= 0.3 is 0 Å². The molecule has 1 aliphatic rings. The van der Waals surface area contributed by atoms with Crippen molar-refractivity contribution in [2.24, 2.45) is 0 Å². The second-order valence-corrected chi connectivity index (χ2v) is 5.85. The first-order valence-corrected chi connectivity index (χ1v) is 7.88. The molecule has 1 amide bonds. The molecule has 0 aliphatic heterocycles. The van der Waals surface area contributed by atoms with Crippen molar-refractivity contribution in [3.63, 3.8) is 0 Å². The molecule has 0 radical (unpaired) electrons. The Morgan fingerprint density at radius 2 is 1.85 bits per heavy atom.